The van der Waals surface area contributed by atoms with Crippen molar-refractivity contribution < 1.29 is 13.2 Å². The maximum absolute atomic E-state index is 12.6. The third-order valence-electron chi connectivity index (χ3n) is 2.45. The fourth-order valence-electron chi connectivity index (χ4n) is 1.81. The molecule has 0 spiro atoms. The molecule has 0 atom stereocenters. The minimum absolute atomic E-state index is 0.0992. The molecular formula is C10H13F3N6. The molecule has 0 aliphatic rings. The van der Waals surface area contributed by atoms with Gasteiger partial charge in [0.25, 0.3) is 0 Å². The SMILES string of the molecule is CCCN(CC(F)(F)F)c1nc(N)nc2nc[nH]c12. The van der Waals surface area contributed by atoms with Gasteiger partial charge in [0.1, 0.15) is 12.1 Å². The summed E-state index contributed by atoms with van der Waals surface area (Å²) < 4.78 is 37.8. The summed E-state index contributed by atoms with van der Waals surface area (Å²) in [5.41, 5.74) is 6.11. The lowest BCUT2D eigenvalue weighted by molar-refractivity contribution is -0.119. The van der Waals surface area contributed by atoms with Crippen molar-refractivity contribution in [2.75, 3.05) is 23.7 Å². The molecule has 0 bridgehead atoms. The van der Waals surface area contributed by atoms with E-state index in [9.17, 15) is 13.2 Å². The maximum atomic E-state index is 12.6. The molecule has 2 aromatic heterocycles. The standard InChI is InChI=1S/C10H13F3N6/c1-2-3-19(4-10(11,12)13)8-6-7(16-5-15-6)17-9(14)18-8/h5H,2-4H2,1H3,(H3,14,15,16,17,18). The first-order valence-electron chi connectivity index (χ1n) is 5.69. The quantitative estimate of drug-likeness (QED) is 0.886. The summed E-state index contributed by atoms with van der Waals surface area (Å²) in [6.07, 6.45) is -2.42. The summed E-state index contributed by atoms with van der Waals surface area (Å²) in [6.45, 7) is 0.910. The molecule has 0 aromatic carbocycles. The van der Waals surface area contributed by atoms with Gasteiger partial charge >= 0.3 is 6.18 Å². The van der Waals surface area contributed by atoms with E-state index in [-0.39, 0.29) is 24.0 Å². The van der Waals surface area contributed by atoms with E-state index in [2.05, 4.69) is 19.9 Å². The molecule has 0 fully saturated rings. The summed E-state index contributed by atoms with van der Waals surface area (Å²) >= 11 is 0. The second kappa shape index (κ2) is 4.90. The number of hydrogen-bond donors (Lipinski definition) is 2. The molecule has 0 aliphatic carbocycles. The number of nitrogens with two attached hydrogens (primary N) is 1. The number of H-pyrrole nitrogens is 1. The smallest absolute Gasteiger partial charge is 0.368 e. The lowest BCUT2D eigenvalue weighted by Gasteiger charge is -2.24. The van der Waals surface area contributed by atoms with Crippen LogP contribution in [-0.2, 0) is 0 Å². The number of alkyl halides is 3. The highest BCUT2D eigenvalue weighted by Gasteiger charge is 2.32. The Morgan fingerprint density at radius 1 is 1.37 bits per heavy atom. The highest BCUT2D eigenvalue weighted by atomic mass is 19.4. The maximum Gasteiger partial charge on any atom is 0.405 e. The average Bonchev–Trinajstić information content (AvgIpc) is 2.73. The number of nitrogens with one attached hydrogen (secondary N) is 1. The molecular weight excluding hydrogens is 261 g/mol. The van der Waals surface area contributed by atoms with Crippen LogP contribution in [0.25, 0.3) is 11.2 Å². The topological polar surface area (TPSA) is 83.7 Å². The van der Waals surface area contributed by atoms with Crippen LogP contribution in [0.2, 0.25) is 0 Å². The predicted octanol–water partition coefficient (Wildman–Crippen LogP) is 1.71. The molecule has 2 aromatic rings. The number of fused-ring (bicyclic) bond motifs is 1. The van der Waals surface area contributed by atoms with Crippen molar-refractivity contribution in [3.05, 3.63) is 6.33 Å². The monoisotopic (exact) mass is 274 g/mol. The van der Waals surface area contributed by atoms with Crippen molar-refractivity contribution in [1.82, 2.24) is 19.9 Å². The van der Waals surface area contributed by atoms with Crippen LogP contribution in [0, 0.1) is 0 Å². The third kappa shape index (κ3) is 3.04. The minimum atomic E-state index is -4.32. The van der Waals surface area contributed by atoms with E-state index in [0.29, 0.717) is 11.9 Å². The molecule has 0 saturated carbocycles. The van der Waals surface area contributed by atoms with Crippen LogP contribution in [-0.4, -0.2) is 39.2 Å². The largest absolute Gasteiger partial charge is 0.405 e. The summed E-state index contributed by atoms with van der Waals surface area (Å²) in [5.74, 6) is 0.0250. The van der Waals surface area contributed by atoms with Gasteiger partial charge in [-0.15, -0.1) is 0 Å². The number of halogens is 3. The number of aromatic nitrogens is 4. The first kappa shape index (κ1) is 13.4. The van der Waals surface area contributed by atoms with Crippen LogP contribution in [0.4, 0.5) is 24.9 Å². The van der Waals surface area contributed by atoms with Gasteiger partial charge in [0.2, 0.25) is 5.95 Å². The Hall–Kier alpha value is -2.06. The number of rotatable bonds is 4. The van der Waals surface area contributed by atoms with Crippen molar-refractivity contribution in [2.45, 2.75) is 19.5 Å². The summed E-state index contributed by atoms with van der Waals surface area (Å²) in [4.78, 5) is 15.5. The molecule has 6 nitrogen and oxygen atoms in total. The lowest BCUT2D eigenvalue weighted by atomic mass is 10.3. The normalized spacial score (nSPS) is 12.0. The Balaban J connectivity index is 2.45. The second-order valence-corrected chi connectivity index (χ2v) is 4.04. The molecule has 2 rings (SSSR count). The molecule has 0 aliphatic heterocycles. The van der Waals surface area contributed by atoms with Crippen LogP contribution >= 0.6 is 0 Å². The van der Waals surface area contributed by atoms with Crippen molar-refractivity contribution in [2.24, 2.45) is 0 Å². The van der Waals surface area contributed by atoms with E-state index in [1.165, 1.54) is 6.33 Å². The van der Waals surface area contributed by atoms with Gasteiger partial charge in [0.05, 0.1) is 6.33 Å². The van der Waals surface area contributed by atoms with E-state index in [1.807, 2.05) is 0 Å². The molecule has 0 unspecified atom stereocenters. The van der Waals surface area contributed by atoms with Gasteiger partial charge in [-0.2, -0.15) is 23.1 Å². The zero-order valence-electron chi connectivity index (χ0n) is 10.2. The molecule has 0 radical (unpaired) electrons. The number of imidazole rings is 1. The van der Waals surface area contributed by atoms with Crippen LogP contribution in [0.1, 0.15) is 13.3 Å². The molecule has 19 heavy (non-hydrogen) atoms. The van der Waals surface area contributed by atoms with Gasteiger partial charge in [-0.3, -0.25) is 0 Å². The Morgan fingerprint density at radius 2 is 2.11 bits per heavy atom. The van der Waals surface area contributed by atoms with Gasteiger partial charge in [-0.25, -0.2) is 4.98 Å². The summed E-state index contributed by atoms with van der Waals surface area (Å²) in [6, 6.07) is 0. The van der Waals surface area contributed by atoms with E-state index < -0.39 is 12.7 Å². The predicted molar refractivity (Wildman–Crippen MR) is 64.7 cm³/mol. The van der Waals surface area contributed by atoms with Crippen LogP contribution in [0.15, 0.2) is 6.33 Å². The van der Waals surface area contributed by atoms with E-state index >= 15 is 0 Å². The Morgan fingerprint density at radius 3 is 2.74 bits per heavy atom. The van der Waals surface area contributed by atoms with Crippen molar-refractivity contribution in [1.29, 1.82) is 0 Å². The van der Waals surface area contributed by atoms with Gasteiger partial charge in [0.15, 0.2) is 11.5 Å². The van der Waals surface area contributed by atoms with Crippen LogP contribution in [0.3, 0.4) is 0 Å². The first-order chi connectivity index (χ1) is 8.90. The van der Waals surface area contributed by atoms with Crippen molar-refractivity contribution in [3.8, 4) is 0 Å². The lowest BCUT2D eigenvalue weighted by Crippen LogP contribution is -2.35. The fraction of sp³-hybridized carbons (Fsp3) is 0.500. The first-order valence-corrected chi connectivity index (χ1v) is 5.69. The summed E-state index contributed by atoms with van der Waals surface area (Å²) in [7, 11) is 0. The van der Waals surface area contributed by atoms with Gasteiger partial charge in [-0.05, 0) is 6.42 Å². The highest BCUT2D eigenvalue weighted by molar-refractivity contribution is 5.84. The molecule has 9 heteroatoms. The van der Waals surface area contributed by atoms with Crippen molar-refractivity contribution in [3.63, 3.8) is 0 Å². The van der Waals surface area contributed by atoms with Gasteiger partial charge in [-0.1, -0.05) is 6.92 Å². The van der Waals surface area contributed by atoms with Crippen LogP contribution in [0.5, 0.6) is 0 Å². The van der Waals surface area contributed by atoms with Crippen LogP contribution < -0.4 is 10.6 Å². The van der Waals surface area contributed by atoms with Crippen molar-refractivity contribution >= 4 is 22.9 Å². The fourth-order valence-corrected chi connectivity index (χ4v) is 1.81. The number of anilines is 2. The average molecular weight is 274 g/mol. The second-order valence-electron chi connectivity index (χ2n) is 4.04. The Bertz CT molecular complexity index is 564. The number of nitrogens with zero attached hydrogens (tertiary/aromatic N) is 4. The zero-order chi connectivity index (χ0) is 14.0. The zero-order valence-corrected chi connectivity index (χ0v) is 10.2. The minimum Gasteiger partial charge on any atom is -0.368 e. The highest BCUT2D eigenvalue weighted by Crippen LogP contribution is 2.26. The van der Waals surface area contributed by atoms with Gasteiger partial charge in [0, 0.05) is 6.54 Å². The molecule has 104 valence electrons. The van der Waals surface area contributed by atoms with E-state index in [1.54, 1.807) is 6.92 Å². The molecule has 2 heterocycles. The number of hydrogen-bond acceptors (Lipinski definition) is 5. The number of aromatic amines is 1. The Kier molecular flexibility index (Phi) is 3.45. The molecule has 3 N–H and O–H groups in total. The molecule has 0 saturated heterocycles. The van der Waals surface area contributed by atoms with E-state index in [4.69, 9.17) is 5.73 Å². The Labute approximate surface area is 106 Å². The third-order valence-corrected chi connectivity index (χ3v) is 2.45. The number of nitrogen functional groups attached to an aromatic ring is 1. The van der Waals surface area contributed by atoms with E-state index in [0.717, 1.165) is 4.90 Å². The summed E-state index contributed by atoms with van der Waals surface area (Å²) in [5, 5.41) is 0. The molecule has 0 amide bonds. The van der Waals surface area contributed by atoms with Gasteiger partial charge < -0.3 is 15.6 Å².